The molecule has 2 aliphatic rings. The minimum absolute atomic E-state index is 0.247. The molecule has 2 atom stereocenters. The van der Waals surface area contributed by atoms with Crippen molar-refractivity contribution in [3.63, 3.8) is 0 Å². The Morgan fingerprint density at radius 1 is 1.30 bits per heavy atom. The fourth-order valence-electron chi connectivity index (χ4n) is 4.09. The lowest BCUT2D eigenvalue weighted by Crippen LogP contribution is -2.45. The molecule has 0 aromatic rings. The average molecular weight is 283 g/mol. The van der Waals surface area contributed by atoms with Crippen molar-refractivity contribution in [2.45, 2.75) is 76.9 Å². The highest BCUT2D eigenvalue weighted by molar-refractivity contribution is 4.94. The molecule has 1 aliphatic carbocycles. The van der Waals surface area contributed by atoms with Gasteiger partial charge in [-0.15, -0.1) is 0 Å². The van der Waals surface area contributed by atoms with Crippen molar-refractivity contribution in [3.8, 4) is 0 Å². The fraction of sp³-hybridized carbons (Fsp3) is 1.00. The zero-order valence-corrected chi connectivity index (χ0v) is 13.5. The molecule has 2 unspecified atom stereocenters. The van der Waals surface area contributed by atoms with Gasteiger partial charge in [0.2, 0.25) is 0 Å². The molecule has 20 heavy (non-hydrogen) atoms. The highest BCUT2D eigenvalue weighted by atomic mass is 16.5. The molecule has 0 bridgehead atoms. The molecule has 118 valence electrons. The third-order valence-corrected chi connectivity index (χ3v) is 5.09. The number of ether oxygens (including phenoxy) is 2. The van der Waals surface area contributed by atoms with Crippen LogP contribution in [0.25, 0.3) is 0 Å². The van der Waals surface area contributed by atoms with E-state index >= 15 is 0 Å². The molecule has 2 fully saturated rings. The molecule has 0 radical (unpaired) electrons. The van der Waals surface area contributed by atoms with Crippen LogP contribution in [-0.2, 0) is 9.47 Å². The first-order chi connectivity index (χ1) is 9.79. The summed E-state index contributed by atoms with van der Waals surface area (Å²) in [6.07, 6.45) is 10.2. The largest absolute Gasteiger partial charge is 0.382 e. The maximum atomic E-state index is 6.18. The van der Waals surface area contributed by atoms with E-state index in [1.165, 1.54) is 51.4 Å². The minimum atomic E-state index is 0.247. The molecule has 0 amide bonds. The second-order valence-electron chi connectivity index (χ2n) is 6.49. The summed E-state index contributed by atoms with van der Waals surface area (Å²) in [4.78, 5) is 0. The van der Waals surface area contributed by atoms with Crippen LogP contribution in [0.2, 0.25) is 0 Å². The van der Waals surface area contributed by atoms with Gasteiger partial charge in [-0.05, 0) is 57.9 Å². The molecule has 1 aliphatic heterocycles. The monoisotopic (exact) mass is 283 g/mol. The molecule has 1 N–H and O–H groups in total. The second kappa shape index (κ2) is 8.35. The van der Waals surface area contributed by atoms with Gasteiger partial charge in [0.1, 0.15) is 0 Å². The van der Waals surface area contributed by atoms with Crippen LogP contribution in [0.1, 0.15) is 65.2 Å². The molecule has 0 aromatic carbocycles. The molecular weight excluding hydrogens is 250 g/mol. The van der Waals surface area contributed by atoms with Gasteiger partial charge in [-0.2, -0.15) is 0 Å². The Hall–Kier alpha value is -0.120. The van der Waals surface area contributed by atoms with E-state index in [9.17, 15) is 0 Å². The van der Waals surface area contributed by atoms with Gasteiger partial charge in [0, 0.05) is 25.9 Å². The first-order valence-electron chi connectivity index (χ1n) is 8.75. The highest BCUT2D eigenvalue weighted by Gasteiger charge is 2.41. The molecule has 3 nitrogen and oxygen atoms in total. The Balaban J connectivity index is 1.83. The van der Waals surface area contributed by atoms with Crippen molar-refractivity contribution >= 4 is 0 Å². The van der Waals surface area contributed by atoms with Crippen molar-refractivity contribution in [3.05, 3.63) is 0 Å². The molecule has 1 spiro atoms. The summed E-state index contributed by atoms with van der Waals surface area (Å²) in [5.41, 5.74) is 0.247. The van der Waals surface area contributed by atoms with Crippen molar-refractivity contribution < 1.29 is 9.47 Å². The van der Waals surface area contributed by atoms with Crippen molar-refractivity contribution in [2.24, 2.45) is 5.92 Å². The van der Waals surface area contributed by atoms with Crippen molar-refractivity contribution in [2.75, 3.05) is 26.4 Å². The molecule has 1 saturated carbocycles. The standard InChI is InChI=1S/C17H33NO2/c1-3-18-16(8-7-12-19-4-2)15-9-13-20-17(14-15)10-5-6-11-17/h15-16,18H,3-14H2,1-2H3. The lowest BCUT2D eigenvalue weighted by atomic mass is 9.79. The predicted octanol–water partition coefficient (Wildman–Crippen LogP) is 3.52. The normalized spacial score (nSPS) is 27.0. The van der Waals surface area contributed by atoms with Gasteiger partial charge < -0.3 is 14.8 Å². The Bertz CT molecular complexity index is 264. The van der Waals surface area contributed by atoms with Gasteiger partial charge in [0.25, 0.3) is 0 Å². The van der Waals surface area contributed by atoms with E-state index in [2.05, 4.69) is 19.2 Å². The van der Waals surface area contributed by atoms with E-state index in [1.54, 1.807) is 0 Å². The van der Waals surface area contributed by atoms with Crippen LogP contribution in [0.5, 0.6) is 0 Å². The third-order valence-electron chi connectivity index (χ3n) is 5.09. The number of hydrogen-bond donors (Lipinski definition) is 1. The lowest BCUT2D eigenvalue weighted by Gasteiger charge is -2.41. The summed E-state index contributed by atoms with van der Waals surface area (Å²) in [7, 11) is 0. The van der Waals surface area contributed by atoms with Crippen LogP contribution in [0.15, 0.2) is 0 Å². The van der Waals surface area contributed by atoms with Crippen LogP contribution >= 0.6 is 0 Å². The van der Waals surface area contributed by atoms with Gasteiger partial charge in [-0.1, -0.05) is 19.8 Å². The lowest BCUT2D eigenvalue weighted by molar-refractivity contribution is -0.0984. The molecule has 2 rings (SSSR count). The molecule has 0 aromatic heterocycles. The Morgan fingerprint density at radius 3 is 2.80 bits per heavy atom. The summed E-state index contributed by atoms with van der Waals surface area (Å²) >= 11 is 0. The smallest absolute Gasteiger partial charge is 0.0685 e. The SMILES string of the molecule is CCNC(CCCOCC)C1CCOC2(CCCC2)C1. The summed E-state index contributed by atoms with van der Waals surface area (Å²) in [5.74, 6) is 0.795. The Labute approximate surface area is 124 Å². The van der Waals surface area contributed by atoms with Gasteiger partial charge in [-0.3, -0.25) is 0 Å². The van der Waals surface area contributed by atoms with Crippen molar-refractivity contribution in [1.82, 2.24) is 5.32 Å². The van der Waals surface area contributed by atoms with Crippen LogP contribution in [0, 0.1) is 5.92 Å². The third kappa shape index (κ3) is 4.44. The number of rotatable bonds is 8. The van der Waals surface area contributed by atoms with Gasteiger partial charge in [0.15, 0.2) is 0 Å². The van der Waals surface area contributed by atoms with Crippen molar-refractivity contribution in [1.29, 1.82) is 0 Å². The summed E-state index contributed by atoms with van der Waals surface area (Å²) in [6, 6.07) is 0.654. The zero-order chi connectivity index (χ0) is 14.3. The molecule has 3 heteroatoms. The summed E-state index contributed by atoms with van der Waals surface area (Å²) < 4.78 is 11.7. The maximum Gasteiger partial charge on any atom is 0.0685 e. The first-order valence-corrected chi connectivity index (χ1v) is 8.75. The van der Waals surface area contributed by atoms with Gasteiger partial charge in [-0.25, -0.2) is 0 Å². The van der Waals surface area contributed by atoms with Crippen LogP contribution in [-0.4, -0.2) is 38.0 Å². The van der Waals surface area contributed by atoms with E-state index in [0.717, 1.165) is 32.3 Å². The first kappa shape index (κ1) is 16.3. The van der Waals surface area contributed by atoms with Gasteiger partial charge in [0.05, 0.1) is 5.60 Å². The van der Waals surface area contributed by atoms with E-state index in [-0.39, 0.29) is 5.60 Å². The van der Waals surface area contributed by atoms with Crippen LogP contribution < -0.4 is 5.32 Å². The second-order valence-corrected chi connectivity index (χ2v) is 6.49. The highest BCUT2D eigenvalue weighted by Crippen LogP contribution is 2.43. The van der Waals surface area contributed by atoms with E-state index in [1.807, 2.05) is 0 Å². The number of nitrogens with one attached hydrogen (secondary N) is 1. The molecular formula is C17H33NO2. The average Bonchev–Trinajstić information content (AvgIpc) is 2.90. The zero-order valence-electron chi connectivity index (χ0n) is 13.5. The Morgan fingerprint density at radius 2 is 2.10 bits per heavy atom. The predicted molar refractivity (Wildman–Crippen MR) is 83.1 cm³/mol. The van der Waals surface area contributed by atoms with Crippen LogP contribution in [0.3, 0.4) is 0 Å². The number of hydrogen-bond acceptors (Lipinski definition) is 3. The topological polar surface area (TPSA) is 30.5 Å². The minimum Gasteiger partial charge on any atom is -0.382 e. The quantitative estimate of drug-likeness (QED) is 0.691. The van der Waals surface area contributed by atoms with E-state index < -0.39 is 0 Å². The van der Waals surface area contributed by atoms with E-state index in [4.69, 9.17) is 9.47 Å². The van der Waals surface area contributed by atoms with Gasteiger partial charge >= 0.3 is 0 Å². The Kier molecular flexibility index (Phi) is 6.79. The summed E-state index contributed by atoms with van der Waals surface area (Å²) in [6.45, 7) is 8.09. The van der Waals surface area contributed by atoms with E-state index in [0.29, 0.717) is 6.04 Å². The molecule has 1 saturated heterocycles. The molecule has 1 heterocycles. The fourth-order valence-corrected chi connectivity index (χ4v) is 4.09. The maximum absolute atomic E-state index is 6.18. The van der Waals surface area contributed by atoms with Crippen LogP contribution in [0.4, 0.5) is 0 Å². The summed E-state index contributed by atoms with van der Waals surface area (Å²) in [5, 5.41) is 3.72.